The van der Waals surface area contributed by atoms with E-state index >= 15 is 0 Å². The number of carbonyl (C=O) groups is 1. The number of fused-ring (bicyclic) bond motifs is 3. The van der Waals surface area contributed by atoms with E-state index in [1.807, 2.05) is 12.1 Å². The number of hydrogen-bond donors (Lipinski definition) is 1. The molecule has 1 N–H and O–H groups in total. The molecule has 0 saturated carbocycles. The standard InChI is InChI=1S/C17H22N2O3/c1-18-9-7-15-14(11-18)12-5-3-6-13(17(21)22-2)16(12)19(15)8-4-10-20/h3,5-6,20H,4,7-11H2,1-2H3. The van der Waals surface area contributed by atoms with Crippen molar-refractivity contribution in [2.75, 3.05) is 27.3 Å². The second-order valence-electron chi connectivity index (χ2n) is 5.84. The number of methoxy groups -OCH3 is 1. The average molecular weight is 302 g/mol. The molecule has 0 bridgehead atoms. The van der Waals surface area contributed by atoms with Crippen LogP contribution in [0.15, 0.2) is 18.2 Å². The van der Waals surface area contributed by atoms with Crippen LogP contribution in [0.1, 0.15) is 28.0 Å². The summed E-state index contributed by atoms with van der Waals surface area (Å²) >= 11 is 0. The summed E-state index contributed by atoms with van der Waals surface area (Å²) < 4.78 is 7.15. The molecule has 0 radical (unpaired) electrons. The minimum Gasteiger partial charge on any atom is -0.465 e. The van der Waals surface area contributed by atoms with Gasteiger partial charge in [0.2, 0.25) is 0 Å². The third kappa shape index (κ3) is 2.40. The number of benzene rings is 1. The second kappa shape index (κ2) is 6.10. The lowest BCUT2D eigenvalue weighted by Gasteiger charge is -2.24. The molecule has 0 aliphatic carbocycles. The van der Waals surface area contributed by atoms with E-state index in [0.717, 1.165) is 37.0 Å². The minimum atomic E-state index is -0.306. The lowest BCUT2D eigenvalue weighted by molar-refractivity contribution is 0.0602. The van der Waals surface area contributed by atoms with Gasteiger partial charge in [-0.2, -0.15) is 0 Å². The van der Waals surface area contributed by atoms with Crippen LogP contribution < -0.4 is 0 Å². The van der Waals surface area contributed by atoms with Crippen molar-refractivity contribution in [1.82, 2.24) is 9.47 Å². The highest BCUT2D eigenvalue weighted by atomic mass is 16.5. The first-order valence-corrected chi connectivity index (χ1v) is 7.68. The van der Waals surface area contributed by atoms with Crippen LogP contribution in [-0.2, 0) is 24.2 Å². The molecule has 1 aliphatic heterocycles. The number of esters is 1. The maximum atomic E-state index is 12.1. The van der Waals surface area contributed by atoms with Gasteiger partial charge in [0.25, 0.3) is 0 Å². The van der Waals surface area contributed by atoms with Gasteiger partial charge in [0.15, 0.2) is 0 Å². The van der Waals surface area contributed by atoms with Crippen molar-refractivity contribution in [2.24, 2.45) is 0 Å². The number of carbonyl (C=O) groups excluding carboxylic acids is 1. The lowest BCUT2D eigenvalue weighted by atomic mass is 10.0. The summed E-state index contributed by atoms with van der Waals surface area (Å²) in [4.78, 5) is 14.4. The van der Waals surface area contributed by atoms with Crippen molar-refractivity contribution in [3.63, 3.8) is 0 Å². The summed E-state index contributed by atoms with van der Waals surface area (Å²) in [6.07, 6.45) is 1.65. The quantitative estimate of drug-likeness (QED) is 0.875. The molecule has 5 heteroatoms. The number of para-hydroxylation sites is 1. The Morgan fingerprint density at radius 3 is 2.95 bits per heavy atom. The van der Waals surface area contributed by atoms with Crippen molar-refractivity contribution >= 4 is 16.9 Å². The summed E-state index contributed by atoms with van der Waals surface area (Å²) in [5, 5.41) is 10.3. The van der Waals surface area contributed by atoms with Gasteiger partial charge in [-0.3, -0.25) is 0 Å². The molecular weight excluding hydrogens is 280 g/mol. The monoisotopic (exact) mass is 302 g/mol. The third-order valence-corrected chi connectivity index (χ3v) is 4.41. The molecule has 3 rings (SSSR count). The Morgan fingerprint density at radius 1 is 1.41 bits per heavy atom. The van der Waals surface area contributed by atoms with Crippen LogP contribution in [0.25, 0.3) is 10.9 Å². The molecule has 0 amide bonds. The SMILES string of the molecule is COC(=O)c1cccc2c3c(n(CCCO)c12)CCN(C)C3. The van der Waals surface area contributed by atoms with Gasteiger partial charge in [0.1, 0.15) is 0 Å². The average Bonchev–Trinajstić information content (AvgIpc) is 2.85. The van der Waals surface area contributed by atoms with Crippen LogP contribution in [0.3, 0.4) is 0 Å². The molecule has 0 atom stereocenters. The Kier molecular flexibility index (Phi) is 4.18. The van der Waals surface area contributed by atoms with Crippen molar-refractivity contribution < 1.29 is 14.6 Å². The number of aliphatic hydroxyl groups excluding tert-OH is 1. The maximum absolute atomic E-state index is 12.1. The van der Waals surface area contributed by atoms with E-state index in [-0.39, 0.29) is 12.6 Å². The number of nitrogens with zero attached hydrogens (tertiary/aromatic N) is 2. The Bertz CT molecular complexity index is 705. The zero-order valence-electron chi connectivity index (χ0n) is 13.1. The van der Waals surface area contributed by atoms with E-state index < -0.39 is 0 Å². The zero-order chi connectivity index (χ0) is 15.7. The number of likely N-dealkylation sites (N-methyl/N-ethyl adjacent to an activating group) is 1. The molecule has 5 nitrogen and oxygen atoms in total. The number of rotatable bonds is 4. The minimum absolute atomic E-state index is 0.148. The van der Waals surface area contributed by atoms with E-state index in [9.17, 15) is 9.90 Å². The van der Waals surface area contributed by atoms with Crippen molar-refractivity contribution in [1.29, 1.82) is 0 Å². The molecule has 118 valence electrons. The molecule has 0 spiro atoms. The molecular formula is C17H22N2O3. The normalized spacial score (nSPS) is 15.0. The lowest BCUT2D eigenvalue weighted by Crippen LogP contribution is -2.27. The van der Waals surface area contributed by atoms with E-state index in [2.05, 4.69) is 22.6 Å². The summed E-state index contributed by atoms with van der Waals surface area (Å²) in [5.41, 5.74) is 4.14. The largest absolute Gasteiger partial charge is 0.465 e. The first-order valence-electron chi connectivity index (χ1n) is 7.68. The Balaban J connectivity index is 2.25. The predicted octanol–water partition coefficient (Wildman–Crippen LogP) is 1.80. The van der Waals surface area contributed by atoms with Crippen molar-refractivity contribution in [2.45, 2.75) is 25.9 Å². The highest BCUT2D eigenvalue weighted by molar-refractivity contribution is 6.04. The molecule has 1 aromatic carbocycles. The summed E-state index contributed by atoms with van der Waals surface area (Å²) in [6.45, 7) is 2.77. The van der Waals surface area contributed by atoms with Gasteiger partial charge in [0, 0.05) is 43.7 Å². The smallest absolute Gasteiger partial charge is 0.340 e. The number of aliphatic hydroxyl groups is 1. The van der Waals surface area contributed by atoms with Crippen LogP contribution >= 0.6 is 0 Å². The molecule has 1 aliphatic rings. The van der Waals surface area contributed by atoms with Gasteiger partial charge in [-0.25, -0.2) is 4.79 Å². The summed E-state index contributed by atoms with van der Waals surface area (Å²) in [5.74, 6) is -0.306. The maximum Gasteiger partial charge on any atom is 0.340 e. The zero-order valence-corrected chi connectivity index (χ0v) is 13.1. The number of aryl methyl sites for hydroxylation is 1. The Hall–Kier alpha value is -1.85. The number of aromatic nitrogens is 1. The molecule has 2 aromatic rings. The second-order valence-corrected chi connectivity index (χ2v) is 5.84. The third-order valence-electron chi connectivity index (χ3n) is 4.41. The van der Waals surface area contributed by atoms with E-state index in [0.29, 0.717) is 12.0 Å². The first kappa shape index (κ1) is 15.1. The van der Waals surface area contributed by atoms with Crippen molar-refractivity contribution in [3.8, 4) is 0 Å². The van der Waals surface area contributed by atoms with Crippen LogP contribution in [0.5, 0.6) is 0 Å². The fourth-order valence-corrected chi connectivity index (χ4v) is 3.39. The van der Waals surface area contributed by atoms with E-state index in [1.54, 1.807) is 0 Å². The molecule has 22 heavy (non-hydrogen) atoms. The van der Waals surface area contributed by atoms with Gasteiger partial charge in [-0.1, -0.05) is 12.1 Å². The highest BCUT2D eigenvalue weighted by Gasteiger charge is 2.25. The predicted molar refractivity (Wildman–Crippen MR) is 85.0 cm³/mol. The Labute approximate surface area is 130 Å². The van der Waals surface area contributed by atoms with Gasteiger partial charge in [-0.15, -0.1) is 0 Å². The molecule has 2 heterocycles. The van der Waals surface area contributed by atoms with Crippen LogP contribution in [-0.4, -0.2) is 47.9 Å². The van der Waals surface area contributed by atoms with Gasteiger partial charge >= 0.3 is 5.97 Å². The van der Waals surface area contributed by atoms with Crippen LogP contribution in [0.4, 0.5) is 0 Å². The molecule has 0 unspecified atom stereocenters. The van der Waals surface area contributed by atoms with E-state index in [1.165, 1.54) is 18.4 Å². The molecule has 1 aromatic heterocycles. The van der Waals surface area contributed by atoms with Gasteiger partial charge in [-0.05, 0) is 25.1 Å². The molecule has 0 saturated heterocycles. The molecule has 0 fully saturated rings. The highest BCUT2D eigenvalue weighted by Crippen LogP contribution is 2.33. The van der Waals surface area contributed by atoms with Gasteiger partial charge < -0.3 is 19.3 Å². The summed E-state index contributed by atoms with van der Waals surface area (Å²) in [6, 6.07) is 5.81. The van der Waals surface area contributed by atoms with Gasteiger partial charge in [0.05, 0.1) is 18.2 Å². The first-order chi connectivity index (χ1) is 10.7. The fraction of sp³-hybridized carbons (Fsp3) is 0.471. The summed E-state index contributed by atoms with van der Waals surface area (Å²) in [7, 11) is 3.53. The van der Waals surface area contributed by atoms with Crippen molar-refractivity contribution in [3.05, 3.63) is 35.0 Å². The van der Waals surface area contributed by atoms with Crippen LogP contribution in [0.2, 0.25) is 0 Å². The Morgan fingerprint density at radius 2 is 2.23 bits per heavy atom. The fourth-order valence-electron chi connectivity index (χ4n) is 3.39. The van der Waals surface area contributed by atoms with E-state index in [4.69, 9.17) is 4.74 Å². The number of ether oxygens (including phenoxy) is 1. The van der Waals surface area contributed by atoms with Crippen LogP contribution in [0, 0.1) is 0 Å². The number of hydrogen-bond acceptors (Lipinski definition) is 4. The topological polar surface area (TPSA) is 54.7 Å².